The molecular formula is C20H34O. The monoisotopic (exact) mass is 290 g/mol. The minimum absolute atomic E-state index is 0.344. The summed E-state index contributed by atoms with van der Waals surface area (Å²) in [6.07, 6.45) is 9.99. The van der Waals surface area contributed by atoms with Gasteiger partial charge in [0.25, 0.3) is 0 Å². The lowest BCUT2D eigenvalue weighted by Gasteiger charge is -2.61. The normalized spacial score (nSPS) is 43.0. The van der Waals surface area contributed by atoms with E-state index in [-0.39, 0.29) is 0 Å². The number of rotatable bonds is 4. The van der Waals surface area contributed by atoms with Crippen molar-refractivity contribution in [1.29, 1.82) is 0 Å². The van der Waals surface area contributed by atoms with Crippen LogP contribution in [0.1, 0.15) is 72.6 Å². The Bertz CT molecular complexity index is 422. The van der Waals surface area contributed by atoms with Gasteiger partial charge in [-0.1, -0.05) is 51.8 Å². The first kappa shape index (κ1) is 16.8. The fourth-order valence-electron chi connectivity index (χ4n) is 5.15. The molecule has 2 rings (SSSR count). The Morgan fingerprint density at radius 2 is 2.00 bits per heavy atom. The van der Waals surface area contributed by atoms with E-state index in [0.29, 0.717) is 16.7 Å². The smallest absolute Gasteiger partial charge is 0.0797 e. The van der Waals surface area contributed by atoms with Gasteiger partial charge in [-0.05, 0) is 61.7 Å². The number of aliphatic hydroxyl groups is 1. The molecule has 0 saturated heterocycles. The minimum Gasteiger partial charge on any atom is -0.386 e. The third kappa shape index (κ3) is 2.74. The van der Waals surface area contributed by atoms with E-state index in [0.717, 1.165) is 25.2 Å². The second-order valence-electron chi connectivity index (χ2n) is 8.44. The molecule has 21 heavy (non-hydrogen) atoms. The molecule has 2 aliphatic carbocycles. The van der Waals surface area contributed by atoms with Crippen molar-refractivity contribution in [2.75, 3.05) is 0 Å². The Kier molecular flexibility index (Phi) is 4.46. The summed E-state index contributed by atoms with van der Waals surface area (Å²) >= 11 is 0. The third-order valence-electron chi connectivity index (χ3n) is 7.33. The van der Waals surface area contributed by atoms with Gasteiger partial charge in [0, 0.05) is 0 Å². The van der Waals surface area contributed by atoms with Crippen LogP contribution < -0.4 is 0 Å². The predicted molar refractivity (Wildman–Crippen MR) is 91.1 cm³/mol. The van der Waals surface area contributed by atoms with Crippen LogP contribution in [0.25, 0.3) is 0 Å². The SMILES string of the molecule is C=CC(C)(O)CC[C@H]1C(=C)CC[C@]2(C)[C@@H](C)CCC[C@]12C. The molecule has 0 aromatic rings. The lowest BCUT2D eigenvalue weighted by atomic mass is 9.43. The van der Waals surface area contributed by atoms with E-state index in [1.165, 1.54) is 31.3 Å². The van der Waals surface area contributed by atoms with Gasteiger partial charge in [-0.3, -0.25) is 0 Å². The first-order valence-corrected chi connectivity index (χ1v) is 8.70. The van der Waals surface area contributed by atoms with Crippen LogP contribution in [0, 0.1) is 22.7 Å². The van der Waals surface area contributed by atoms with E-state index in [2.05, 4.69) is 33.9 Å². The van der Waals surface area contributed by atoms with Gasteiger partial charge < -0.3 is 5.11 Å². The molecule has 0 spiro atoms. The third-order valence-corrected chi connectivity index (χ3v) is 7.33. The fraction of sp³-hybridized carbons (Fsp3) is 0.800. The standard InChI is InChI=1S/C20H34O/c1-7-18(4,21)13-11-17-15(2)10-14-19(5)16(3)9-8-12-20(17,19)6/h7,16-17,21H,1-2,8-14H2,3-6H3/t16-,17-,18?,19+,20+/m0/s1. The Balaban J connectivity index is 2.25. The maximum atomic E-state index is 10.3. The zero-order chi connectivity index (χ0) is 15.9. The summed E-state index contributed by atoms with van der Waals surface area (Å²) in [5.74, 6) is 1.34. The van der Waals surface area contributed by atoms with Crippen LogP contribution in [0.2, 0.25) is 0 Å². The summed E-state index contributed by atoms with van der Waals surface area (Å²) < 4.78 is 0. The molecule has 0 aliphatic heterocycles. The van der Waals surface area contributed by atoms with Crippen molar-refractivity contribution in [3.63, 3.8) is 0 Å². The van der Waals surface area contributed by atoms with Gasteiger partial charge in [0.1, 0.15) is 0 Å². The largest absolute Gasteiger partial charge is 0.386 e. The molecule has 1 N–H and O–H groups in total. The molecule has 1 nitrogen and oxygen atoms in total. The average molecular weight is 290 g/mol. The molecule has 0 radical (unpaired) electrons. The molecule has 1 heteroatoms. The molecule has 2 aliphatic rings. The van der Waals surface area contributed by atoms with Crippen molar-refractivity contribution >= 4 is 0 Å². The summed E-state index contributed by atoms with van der Waals surface area (Å²) in [4.78, 5) is 0. The Morgan fingerprint density at radius 3 is 2.62 bits per heavy atom. The van der Waals surface area contributed by atoms with E-state index < -0.39 is 5.60 Å². The van der Waals surface area contributed by atoms with Crippen molar-refractivity contribution in [2.24, 2.45) is 22.7 Å². The summed E-state index contributed by atoms with van der Waals surface area (Å²) in [5, 5.41) is 10.3. The summed E-state index contributed by atoms with van der Waals surface area (Å²) in [6, 6.07) is 0. The fourth-order valence-corrected chi connectivity index (χ4v) is 5.15. The lowest BCUT2D eigenvalue weighted by Crippen LogP contribution is -2.53. The molecule has 1 unspecified atom stereocenters. The van der Waals surface area contributed by atoms with E-state index >= 15 is 0 Å². The van der Waals surface area contributed by atoms with Crippen LogP contribution >= 0.6 is 0 Å². The number of hydrogen-bond donors (Lipinski definition) is 1. The predicted octanol–water partition coefficient (Wildman–Crippen LogP) is 5.50. The van der Waals surface area contributed by atoms with Crippen LogP contribution in [-0.4, -0.2) is 10.7 Å². The molecule has 0 bridgehead atoms. The Labute approximate surface area is 131 Å². The molecule has 0 heterocycles. The van der Waals surface area contributed by atoms with Crippen molar-refractivity contribution in [3.8, 4) is 0 Å². The number of fused-ring (bicyclic) bond motifs is 1. The molecule has 2 saturated carbocycles. The molecule has 0 aromatic heterocycles. The Hall–Kier alpha value is -0.560. The highest BCUT2D eigenvalue weighted by atomic mass is 16.3. The minimum atomic E-state index is -0.745. The van der Waals surface area contributed by atoms with Crippen LogP contribution in [0.3, 0.4) is 0 Å². The molecule has 0 amide bonds. The summed E-state index contributed by atoms with van der Waals surface area (Å²) in [5.41, 5.74) is 1.45. The van der Waals surface area contributed by atoms with Gasteiger partial charge in [-0.25, -0.2) is 0 Å². The van der Waals surface area contributed by atoms with Crippen molar-refractivity contribution in [2.45, 2.75) is 78.2 Å². The quantitative estimate of drug-likeness (QED) is 0.678. The highest BCUT2D eigenvalue weighted by molar-refractivity contribution is 5.18. The zero-order valence-corrected chi connectivity index (χ0v) is 14.5. The average Bonchev–Trinajstić information content (AvgIpc) is 2.42. The van der Waals surface area contributed by atoms with E-state index in [1.807, 2.05) is 6.92 Å². The van der Waals surface area contributed by atoms with E-state index in [9.17, 15) is 5.11 Å². The second-order valence-corrected chi connectivity index (χ2v) is 8.44. The maximum absolute atomic E-state index is 10.3. The zero-order valence-electron chi connectivity index (χ0n) is 14.5. The number of hydrogen-bond acceptors (Lipinski definition) is 1. The van der Waals surface area contributed by atoms with Crippen LogP contribution in [0.4, 0.5) is 0 Å². The van der Waals surface area contributed by atoms with Gasteiger partial charge in [-0.2, -0.15) is 0 Å². The van der Waals surface area contributed by atoms with E-state index in [1.54, 1.807) is 6.08 Å². The first-order chi connectivity index (χ1) is 9.66. The van der Waals surface area contributed by atoms with Crippen molar-refractivity contribution in [3.05, 3.63) is 24.8 Å². The van der Waals surface area contributed by atoms with Crippen LogP contribution in [-0.2, 0) is 0 Å². The topological polar surface area (TPSA) is 20.2 Å². The molecule has 5 atom stereocenters. The van der Waals surface area contributed by atoms with Gasteiger partial charge in [0.15, 0.2) is 0 Å². The number of allylic oxidation sites excluding steroid dienone is 1. The van der Waals surface area contributed by atoms with Crippen LogP contribution in [0.15, 0.2) is 24.8 Å². The highest BCUT2D eigenvalue weighted by Crippen LogP contribution is 2.65. The van der Waals surface area contributed by atoms with Gasteiger partial charge in [0.2, 0.25) is 0 Å². The van der Waals surface area contributed by atoms with Gasteiger partial charge >= 0.3 is 0 Å². The van der Waals surface area contributed by atoms with Crippen LogP contribution in [0.5, 0.6) is 0 Å². The molecule has 2 fully saturated rings. The lowest BCUT2D eigenvalue weighted by molar-refractivity contribution is -0.0930. The maximum Gasteiger partial charge on any atom is 0.0797 e. The van der Waals surface area contributed by atoms with Crippen molar-refractivity contribution in [1.82, 2.24) is 0 Å². The van der Waals surface area contributed by atoms with Gasteiger partial charge in [0.05, 0.1) is 5.60 Å². The van der Waals surface area contributed by atoms with Crippen molar-refractivity contribution < 1.29 is 5.11 Å². The van der Waals surface area contributed by atoms with E-state index in [4.69, 9.17) is 0 Å². The first-order valence-electron chi connectivity index (χ1n) is 8.70. The second kappa shape index (κ2) is 5.57. The summed E-state index contributed by atoms with van der Waals surface area (Å²) in [7, 11) is 0. The van der Waals surface area contributed by atoms with Gasteiger partial charge in [-0.15, -0.1) is 6.58 Å². The summed E-state index contributed by atoms with van der Waals surface area (Å²) in [6.45, 7) is 17.5. The molecular weight excluding hydrogens is 256 g/mol. The highest BCUT2D eigenvalue weighted by Gasteiger charge is 2.56. The molecule has 0 aromatic carbocycles. The Morgan fingerprint density at radius 1 is 1.33 bits per heavy atom. The molecule has 120 valence electrons.